The van der Waals surface area contributed by atoms with Crippen molar-refractivity contribution in [2.24, 2.45) is 0 Å². The molecule has 7 heteroatoms. The number of aryl methyl sites for hydroxylation is 2. The van der Waals surface area contributed by atoms with E-state index in [0.717, 1.165) is 11.1 Å². The summed E-state index contributed by atoms with van der Waals surface area (Å²) in [5.41, 5.74) is 2.92. The second kappa shape index (κ2) is 10.1. The number of hydrogen-bond acceptors (Lipinski definition) is 5. The molecule has 0 saturated carbocycles. The second-order valence-electron chi connectivity index (χ2n) is 6.26. The molecule has 0 unspecified atom stereocenters. The number of esters is 1. The van der Waals surface area contributed by atoms with Crippen molar-refractivity contribution in [3.05, 3.63) is 59.2 Å². The molecule has 2 N–H and O–H groups in total. The van der Waals surface area contributed by atoms with Gasteiger partial charge in [-0.05, 0) is 62.2 Å². The third-order valence-corrected chi connectivity index (χ3v) is 3.66. The van der Waals surface area contributed by atoms with Crippen molar-refractivity contribution in [2.45, 2.75) is 20.8 Å². The lowest BCUT2D eigenvalue weighted by Gasteiger charge is -2.10. The first kappa shape index (κ1) is 21.0. The molecule has 2 aromatic rings. The predicted octanol–water partition coefficient (Wildman–Crippen LogP) is 2.61. The van der Waals surface area contributed by atoms with E-state index in [0.29, 0.717) is 23.5 Å². The summed E-state index contributed by atoms with van der Waals surface area (Å²) < 4.78 is 10.3. The first-order valence-corrected chi connectivity index (χ1v) is 8.92. The molecular weight excluding hydrogens is 360 g/mol. The molecule has 0 spiro atoms. The molecule has 148 valence electrons. The van der Waals surface area contributed by atoms with Crippen LogP contribution in [0.3, 0.4) is 0 Å². The van der Waals surface area contributed by atoms with Gasteiger partial charge < -0.3 is 20.1 Å². The van der Waals surface area contributed by atoms with Gasteiger partial charge in [0.15, 0.2) is 13.2 Å². The van der Waals surface area contributed by atoms with Crippen LogP contribution in [0.25, 0.3) is 0 Å². The minimum atomic E-state index is -0.648. The Kier molecular flexibility index (Phi) is 7.56. The number of rotatable bonds is 8. The van der Waals surface area contributed by atoms with Crippen LogP contribution in [0, 0.1) is 13.8 Å². The van der Waals surface area contributed by atoms with E-state index in [2.05, 4.69) is 10.6 Å². The van der Waals surface area contributed by atoms with Gasteiger partial charge >= 0.3 is 5.97 Å². The van der Waals surface area contributed by atoms with Gasteiger partial charge in [-0.25, -0.2) is 4.79 Å². The largest absolute Gasteiger partial charge is 0.482 e. The highest BCUT2D eigenvalue weighted by Gasteiger charge is 2.11. The van der Waals surface area contributed by atoms with Gasteiger partial charge in [0, 0.05) is 17.8 Å². The molecule has 0 atom stereocenters. The molecule has 28 heavy (non-hydrogen) atoms. The van der Waals surface area contributed by atoms with Crippen molar-refractivity contribution < 1.29 is 23.9 Å². The molecule has 0 aliphatic rings. The number of nitrogens with one attached hydrogen (secondary N) is 2. The monoisotopic (exact) mass is 384 g/mol. The van der Waals surface area contributed by atoms with E-state index in [4.69, 9.17) is 9.47 Å². The maximum absolute atomic E-state index is 12.0. The maximum Gasteiger partial charge on any atom is 0.344 e. The van der Waals surface area contributed by atoms with Gasteiger partial charge in [0.2, 0.25) is 0 Å². The van der Waals surface area contributed by atoms with Crippen LogP contribution in [0.5, 0.6) is 5.75 Å². The predicted molar refractivity (Wildman–Crippen MR) is 105 cm³/mol. The quantitative estimate of drug-likeness (QED) is 0.683. The molecule has 0 aromatic heterocycles. The molecule has 2 aromatic carbocycles. The Balaban J connectivity index is 1.79. The molecule has 2 amide bonds. The highest BCUT2D eigenvalue weighted by Crippen LogP contribution is 2.16. The van der Waals surface area contributed by atoms with Gasteiger partial charge in [-0.3, -0.25) is 9.59 Å². The zero-order valence-electron chi connectivity index (χ0n) is 16.2. The van der Waals surface area contributed by atoms with Crippen LogP contribution >= 0.6 is 0 Å². The summed E-state index contributed by atoms with van der Waals surface area (Å²) in [6.45, 7) is 5.47. The lowest BCUT2D eigenvalue weighted by molar-refractivity contribution is -0.149. The highest BCUT2D eigenvalue weighted by molar-refractivity contribution is 5.97. The van der Waals surface area contributed by atoms with E-state index >= 15 is 0 Å². The van der Waals surface area contributed by atoms with Crippen molar-refractivity contribution in [2.75, 3.05) is 25.1 Å². The van der Waals surface area contributed by atoms with Crippen molar-refractivity contribution in [3.63, 3.8) is 0 Å². The Morgan fingerprint density at radius 1 is 0.964 bits per heavy atom. The van der Waals surface area contributed by atoms with Crippen LogP contribution in [0.1, 0.15) is 28.4 Å². The summed E-state index contributed by atoms with van der Waals surface area (Å²) in [5, 5.41) is 5.27. The van der Waals surface area contributed by atoms with Crippen LogP contribution in [-0.2, 0) is 14.3 Å². The summed E-state index contributed by atoms with van der Waals surface area (Å²) in [5.74, 6) is -0.812. The average Bonchev–Trinajstić information content (AvgIpc) is 2.64. The van der Waals surface area contributed by atoms with Crippen molar-refractivity contribution in [1.82, 2.24) is 5.32 Å². The summed E-state index contributed by atoms with van der Waals surface area (Å²) in [6, 6.07) is 12.1. The molecule has 0 heterocycles. The minimum Gasteiger partial charge on any atom is -0.482 e. The third kappa shape index (κ3) is 6.75. The second-order valence-corrected chi connectivity index (χ2v) is 6.26. The van der Waals surface area contributed by atoms with Crippen molar-refractivity contribution in [3.8, 4) is 5.75 Å². The number of amides is 2. The fourth-order valence-electron chi connectivity index (χ4n) is 2.54. The number of carbonyl (C=O) groups excluding carboxylic acids is 3. The summed E-state index contributed by atoms with van der Waals surface area (Å²) in [6.07, 6.45) is 0. The highest BCUT2D eigenvalue weighted by atomic mass is 16.6. The SMILES string of the molecule is CCNC(=O)c1cccc(NC(=O)COC(=O)COc2cc(C)cc(C)c2)c1. The Morgan fingerprint density at radius 3 is 2.36 bits per heavy atom. The third-order valence-electron chi connectivity index (χ3n) is 3.66. The first-order valence-electron chi connectivity index (χ1n) is 8.92. The number of hydrogen-bond donors (Lipinski definition) is 2. The van der Waals surface area contributed by atoms with Gasteiger partial charge in [-0.1, -0.05) is 12.1 Å². The van der Waals surface area contributed by atoms with E-state index in [1.165, 1.54) is 0 Å². The first-order chi connectivity index (χ1) is 13.4. The van der Waals surface area contributed by atoms with E-state index in [1.807, 2.05) is 39.0 Å². The summed E-state index contributed by atoms with van der Waals surface area (Å²) in [7, 11) is 0. The molecular formula is C21H24N2O5. The number of anilines is 1. The Labute approximate surface area is 164 Å². The maximum atomic E-state index is 12.0. The molecule has 0 radical (unpaired) electrons. The molecule has 0 saturated heterocycles. The number of benzene rings is 2. The fourth-order valence-corrected chi connectivity index (χ4v) is 2.54. The van der Waals surface area contributed by atoms with Gasteiger partial charge in [0.1, 0.15) is 5.75 Å². The van der Waals surface area contributed by atoms with Gasteiger partial charge in [-0.2, -0.15) is 0 Å². The molecule has 2 rings (SSSR count). The van der Waals surface area contributed by atoms with Crippen molar-refractivity contribution in [1.29, 1.82) is 0 Å². The van der Waals surface area contributed by atoms with Crippen LogP contribution in [-0.4, -0.2) is 37.5 Å². The Morgan fingerprint density at radius 2 is 1.68 bits per heavy atom. The van der Waals surface area contributed by atoms with Crippen molar-refractivity contribution >= 4 is 23.5 Å². The molecule has 0 fully saturated rings. The van der Waals surface area contributed by atoms with Crippen LogP contribution in [0.4, 0.5) is 5.69 Å². The van der Waals surface area contributed by atoms with Gasteiger partial charge in [0.05, 0.1) is 0 Å². The molecule has 0 aliphatic carbocycles. The fraction of sp³-hybridized carbons (Fsp3) is 0.286. The Bertz CT molecular complexity index is 843. The standard InChI is InChI=1S/C21H24N2O5/c1-4-22-21(26)16-6-5-7-17(11-16)23-19(24)12-28-20(25)13-27-18-9-14(2)8-15(3)10-18/h5-11H,4,12-13H2,1-3H3,(H,22,26)(H,23,24). The number of carbonyl (C=O) groups is 3. The van der Waals surface area contributed by atoms with E-state index < -0.39 is 18.5 Å². The van der Waals surface area contributed by atoms with Crippen LogP contribution < -0.4 is 15.4 Å². The number of ether oxygens (including phenoxy) is 2. The normalized spacial score (nSPS) is 10.1. The lowest BCUT2D eigenvalue weighted by Crippen LogP contribution is -2.24. The molecule has 0 aliphatic heterocycles. The Hall–Kier alpha value is -3.35. The van der Waals surface area contributed by atoms with E-state index in [-0.39, 0.29) is 12.5 Å². The minimum absolute atomic E-state index is 0.228. The average molecular weight is 384 g/mol. The van der Waals surface area contributed by atoms with E-state index in [9.17, 15) is 14.4 Å². The van der Waals surface area contributed by atoms with E-state index in [1.54, 1.807) is 24.3 Å². The molecule has 0 bridgehead atoms. The van der Waals surface area contributed by atoms with Gasteiger partial charge in [0.25, 0.3) is 11.8 Å². The van der Waals surface area contributed by atoms with Crippen LogP contribution in [0.2, 0.25) is 0 Å². The zero-order valence-corrected chi connectivity index (χ0v) is 16.2. The topological polar surface area (TPSA) is 93.7 Å². The summed E-state index contributed by atoms with van der Waals surface area (Å²) in [4.78, 5) is 35.6. The molecule has 7 nitrogen and oxygen atoms in total. The summed E-state index contributed by atoms with van der Waals surface area (Å²) >= 11 is 0. The smallest absolute Gasteiger partial charge is 0.344 e. The lowest BCUT2D eigenvalue weighted by atomic mass is 10.1. The van der Waals surface area contributed by atoms with Gasteiger partial charge in [-0.15, -0.1) is 0 Å². The van der Waals surface area contributed by atoms with Crippen LogP contribution in [0.15, 0.2) is 42.5 Å². The zero-order chi connectivity index (χ0) is 20.5.